The molecule has 1 nitrogen and oxygen atoms in total. The third-order valence-electron chi connectivity index (χ3n) is 4.32. The average molecular weight is 246 g/mol. The van der Waals surface area contributed by atoms with Crippen LogP contribution in [0.3, 0.4) is 0 Å². The van der Waals surface area contributed by atoms with E-state index in [2.05, 4.69) is 46.8 Å². The number of hydrogen-bond donors (Lipinski definition) is 0. The molecule has 0 fully saturated rings. The molecule has 0 saturated heterocycles. The maximum absolute atomic E-state index is 5.92. The Hall–Kier alpha value is -0.980. The van der Waals surface area contributed by atoms with E-state index in [9.17, 15) is 0 Å². The van der Waals surface area contributed by atoms with Crippen LogP contribution >= 0.6 is 0 Å². The lowest BCUT2D eigenvalue weighted by atomic mass is 9.79. The first-order valence-electron chi connectivity index (χ1n) is 7.26. The summed E-state index contributed by atoms with van der Waals surface area (Å²) in [6, 6.07) is 4.75. The predicted octanol–water partition coefficient (Wildman–Crippen LogP) is 4.82. The molecule has 1 aliphatic rings. The number of hydrogen-bond acceptors (Lipinski definition) is 1. The Morgan fingerprint density at radius 2 is 2.00 bits per heavy atom. The van der Waals surface area contributed by atoms with Crippen molar-refractivity contribution in [3.05, 3.63) is 28.8 Å². The second-order valence-corrected chi connectivity index (χ2v) is 6.40. The number of ether oxygens (including phenoxy) is 1. The van der Waals surface area contributed by atoms with Gasteiger partial charge in [-0.2, -0.15) is 0 Å². The minimum Gasteiger partial charge on any atom is -0.493 e. The van der Waals surface area contributed by atoms with Crippen LogP contribution in [0.4, 0.5) is 0 Å². The van der Waals surface area contributed by atoms with Crippen molar-refractivity contribution in [1.82, 2.24) is 0 Å². The fraction of sp³-hybridized carbons (Fsp3) is 0.647. The molecule has 0 unspecified atom stereocenters. The van der Waals surface area contributed by atoms with Gasteiger partial charge in [-0.15, -0.1) is 0 Å². The Kier molecular flexibility index (Phi) is 3.70. The molecule has 0 atom stereocenters. The van der Waals surface area contributed by atoms with E-state index < -0.39 is 0 Å². The molecule has 1 aromatic carbocycles. The molecule has 18 heavy (non-hydrogen) atoms. The highest BCUT2D eigenvalue weighted by Crippen LogP contribution is 2.38. The molecule has 0 N–H and O–H groups in total. The van der Waals surface area contributed by atoms with Crippen molar-refractivity contribution < 1.29 is 4.74 Å². The Morgan fingerprint density at radius 3 is 2.61 bits per heavy atom. The Labute approximate surface area is 112 Å². The standard InChI is InChI=1S/C17H26O/c1-6-17(4,5)14-10-13-8-7-9-18-16(13)15(11-14)12(2)3/h10-12H,6-9H2,1-5H3. The van der Waals surface area contributed by atoms with Gasteiger partial charge >= 0.3 is 0 Å². The van der Waals surface area contributed by atoms with Crippen LogP contribution in [0.1, 0.15) is 70.1 Å². The Bertz CT molecular complexity index is 429. The third-order valence-corrected chi connectivity index (χ3v) is 4.32. The highest BCUT2D eigenvalue weighted by molar-refractivity contribution is 5.49. The molecule has 1 heterocycles. The van der Waals surface area contributed by atoms with Crippen molar-refractivity contribution in [2.24, 2.45) is 0 Å². The zero-order valence-electron chi connectivity index (χ0n) is 12.5. The van der Waals surface area contributed by atoms with Gasteiger partial charge in [-0.1, -0.05) is 46.8 Å². The summed E-state index contributed by atoms with van der Waals surface area (Å²) in [5, 5.41) is 0. The highest BCUT2D eigenvalue weighted by Gasteiger charge is 2.24. The maximum atomic E-state index is 5.92. The molecule has 0 aromatic heterocycles. The zero-order valence-corrected chi connectivity index (χ0v) is 12.5. The molecule has 1 aromatic rings. The van der Waals surface area contributed by atoms with Crippen molar-refractivity contribution in [3.8, 4) is 5.75 Å². The lowest BCUT2D eigenvalue weighted by molar-refractivity contribution is 0.283. The van der Waals surface area contributed by atoms with Crippen molar-refractivity contribution in [1.29, 1.82) is 0 Å². The minimum atomic E-state index is 0.260. The number of benzene rings is 1. The maximum Gasteiger partial charge on any atom is 0.125 e. The van der Waals surface area contributed by atoms with E-state index in [1.807, 2.05) is 0 Å². The fourth-order valence-corrected chi connectivity index (χ4v) is 2.54. The lowest BCUT2D eigenvalue weighted by Gasteiger charge is -2.29. The average Bonchev–Trinajstić information content (AvgIpc) is 2.37. The summed E-state index contributed by atoms with van der Waals surface area (Å²) in [7, 11) is 0. The van der Waals surface area contributed by atoms with E-state index in [1.165, 1.54) is 35.3 Å². The second kappa shape index (κ2) is 4.95. The van der Waals surface area contributed by atoms with Crippen molar-refractivity contribution in [3.63, 3.8) is 0 Å². The Balaban J connectivity index is 2.55. The molecule has 0 bridgehead atoms. The molecule has 1 aliphatic heterocycles. The normalized spacial score (nSPS) is 15.4. The Morgan fingerprint density at radius 1 is 1.28 bits per heavy atom. The fourth-order valence-electron chi connectivity index (χ4n) is 2.54. The van der Waals surface area contributed by atoms with Crippen molar-refractivity contribution in [2.45, 2.75) is 65.2 Å². The molecule has 0 amide bonds. The first kappa shape index (κ1) is 13.5. The summed E-state index contributed by atoms with van der Waals surface area (Å²) in [6.07, 6.45) is 3.49. The van der Waals surface area contributed by atoms with Crippen LogP contribution < -0.4 is 4.74 Å². The van der Waals surface area contributed by atoms with Gasteiger partial charge in [0, 0.05) is 0 Å². The quantitative estimate of drug-likeness (QED) is 0.742. The molecule has 100 valence electrons. The van der Waals surface area contributed by atoms with Crippen LogP contribution in [0, 0.1) is 0 Å². The summed E-state index contributed by atoms with van der Waals surface area (Å²) in [5.41, 5.74) is 4.54. The van der Waals surface area contributed by atoms with Gasteiger partial charge in [-0.3, -0.25) is 0 Å². The topological polar surface area (TPSA) is 9.23 Å². The van der Waals surface area contributed by atoms with Crippen molar-refractivity contribution in [2.75, 3.05) is 6.61 Å². The molecule has 0 saturated carbocycles. The first-order chi connectivity index (χ1) is 8.45. The smallest absolute Gasteiger partial charge is 0.125 e. The van der Waals surface area contributed by atoms with Gasteiger partial charge in [-0.05, 0) is 47.3 Å². The van der Waals surface area contributed by atoms with Gasteiger partial charge in [0.1, 0.15) is 5.75 Å². The van der Waals surface area contributed by atoms with Gasteiger partial charge in [0.15, 0.2) is 0 Å². The van der Waals surface area contributed by atoms with E-state index in [0.29, 0.717) is 5.92 Å². The number of aryl methyl sites for hydroxylation is 1. The third kappa shape index (κ3) is 2.41. The van der Waals surface area contributed by atoms with Crippen molar-refractivity contribution >= 4 is 0 Å². The van der Waals surface area contributed by atoms with E-state index in [1.54, 1.807) is 0 Å². The predicted molar refractivity (Wildman–Crippen MR) is 77.7 cm³/mol. The van der Waals surface area contributed by atoms with Gasteiger partial charge in [0.25, 0.3) is 0 Å². The van der Waals surface area contributed by atoms with E-state index in [-0.39, 0.29) is 5.41 Å². The minimum absolute atomic E-state index is 0.260. The van der Waals surface area contributed by atoms with E-state index in [0.717, 1.165) is 13.0 Å². The molecule has 0 spiro atoms. The van der Waals surface area contributed by atoms with Crippen LogP contribution in [-0.2, 0) is 11.8 Å². The number of fused-ring (bicyclic) bond motifs is 1. The van der Waals surface area contributed by atoms with Crippen LogP contribution in [-0.4, -0.2) is 6.61 Å². The van der Waals surface area contributed by atoms with Crippen LogP contribution in [0.5, 0.6) is 5.75 Å². The summed E-state index contributed by atoms with van der Waals surface area (Å²) in [5.74, 6) is 1.70. The highest BCUT2D eigenvalue weighted by atomic mass is 16.5. The molecular weight excluding hydrogens is 220 g/mol. The van der Waals surface area contributed by atoms with Gasteiger partial charge in [-0.25, -0.2) is 0 Å². The molecular formula is C17H26O. The summed E-state index contributed by atoms with van der Waals surface area (Å²) in [6.45, 7) is 12.3. The van der Waals surface area contributed by atoms with E-state index >= 15 is 0 Å². The zero-order chi connectivity index (χ0) is 13.3. The molecule has 2 rings (SSSR count). The SMILES string of the molecule is CCC(C)(C)c1cc2c(c(C(C)C)c1)OCCC2. The number of rotatable bonds is 3. The largest absolute Gasteiger partial charge is 0.493 e. The van der Waals surface area contributed by atoms with Gasteiger partial charge in [0.05, 0.1) is 6.61 Å². The molecule has 1 heteroatoms. The van der Waals surface area contributed by atoms with Crippen LogP contribution in [0.15, 0.2) is 12.1 Å². The van der Waals surface area contributed by atoms with Crippen LogP contribution in [0.2, 0.25) is 0 Å². The summed E-state index contributed by atoms with van der Waals surface area (Å²) >= 11 is 0. The monoisotopic (exact) mass is 246 g/mol. The molecule has 0 radical (unpaired) electrons. The van der Waals surface area contributed by atoms with E-state index in [4.69, 9.17) is 4.74 Å². The molecule has 0 aliphatic carbocycles. The first-order valence-corrected chi connectivity index (χ1v) is 7.26. The van der Waals surface area contributed by atoms with Gasteiger partial charge < -0.3 is 4.74 Å². The second-order valence-electron chi connectivity index (χ2n) is 6.40. The summed E-state index contributed by atoms with van der Waals surface area (Å²) in [4.78, 5) is 0. The van der Waals surface area contributed by atoms with Crippen LogP contribution in [0.25, 0.3) is 0 Å². The lowest BCUT2D eigenvalue weighted by Crippen LogP contribution is -2.19. The van der Waals surface area contributed by atoms with Gasteiger partial charge in [0.2, 0.25) is 0 Å². The summed E-state index contributed by atoms with van der Waals surface area (Å²) < 4.78 is 5.92.